The fourth-order valence-corrected chi connectivity index (χ4v) is 3.74. The molecule has 0 heterocycles. The molecule has 0 aliphatic carbocycles. The van der Waals surface area contributed by atoms with Gasteiger partial charge in [-0.05, 0) is 48.6 Å². The topological polar surface area (TPSA) is 89.3 Å². The fraction of sp³-hybridized carbons (Fsp3) is 0.385. The van der Waals surface area contributed by atoms with E-state index in [1.54, 1.807) is 38.3 Å². The summed E-state index contributed by atoms with van der Waals surface area (Å²) >= 11 is 1.96. The number of nitrogens with two attached hydrogens (primary N) is 1. The first-order valence-electron chi connectivity index (χ1n) is 5.85. The van der Waals surface area contributed by atoms with Gasteiger partial charge in [-0.25, -0.2) is 0 Å². The molecule has 1 aromatic rings. The van der Waals surface area contributed by atoms with E-state index >= 15 is 0 Å². The lowest BCUT2D eigenvalue weighted by atomic mass is 10.0. The molecule has 1 rings (SSSR count). The number of amides is 2. The van der Waals surface area contributed by atoms with Crippen LogP contribution in [0.1, 0.15) is 34.6 Å². The molecule has 0 saturated heterocycles. The molecule has 2 amide bonds. The molecule has 0 radical (unpaired) electrons. The van der Waals surface area contributed by atoms with Gasteiger partial charge in [-0.2, -0.15) is 0 Å². The average Bonchev–Trinajstić information content (AvgIpc) is 2.25. The van der Waals surface area contributed by atoms with Crippen LogP contribution in [-0.2, 0) is 10.8 Å². The molecule has 110 valence electrons. The van der Waals surface area contributed by atoms with Crippen molar-refractivity contribution in [1.82, 2.24) is 5.32 Å². The molecule has 0 spiro atoms. The Balaban J connectivity index is 3.08. The molecule has 0 aliphatic heterocycles. The van der Waals surface area contributed by atoms with Crippen LogP contribution in [0.15, 0.2) is 18.2 Å². The maximum atomic E-state index is 12.3. The second-order valence-electron chi connectivity index (χ2n) is 5.08. The minimum atomic E-state index is -1.03. The molecular formula is C13H17IN2O3S. The zero-order valence-corrected chi connectivity index (χ0v) is 14.5. The van der Waals surface area contributed by atoms with E-state index in [2.05, 4.69) is 5.32 Å². The van der Waals surface area contributed by atoms with Crippen molar-refractivity contribution in [2.24, 2.45) is 5.73 Å². The van der Waals surface area contributed by atoms with Gasteiger partial charge < -0.3 is 11.1 Å². The summed E-state index contributed by atoms with van der Waals surface area (Å²) in [4.78, 5) is 23.8. The van der Waals surface area contributed by atoms with E-state index in [9.17, 15) is 13.8 Å². The number of rotatable bonds is 5. The highest BCUT2D eigenvalue weighted by molar-refractivity contribution is 14.1. The lowest BCUT2D eigenvalue weighted by molar-refractivity contribution is 0.0907. The number of nitrogens with one attached hydrogen (secondary N) is 1. The molecule has 0 aromatic heterocycles. The van der Waals surface area contributed by atoms with Gasteiger partial charge in [0.15, 0.2) is 0 Å². The maximum Gasteiger partial charge on any atom is 0.252 e. The second-order valence-corrected chi connectivity index (χ2v) is 7.68. The van der Waals surface area contributed by atoms with Gasteiger partial charge in [0.1, 0.15) is 0 Å². The zero-order chi connectivity index (χ0) is 15.5. The summed E-state index contributed by atoms with van der Waals surface area (Å²) in [6.45, 7) is 3.56. The smallest absolute Gasteiger partial charge is 0.252 e. The van der Waals surface area contributed by atoms with Crippen LogP contribution in [0.4, 0.5) is 0 Å². The minimum absolute atomic E-state index is 0.207. The van der Waals surface area contributed by atoms with E-state index in [1.165, 1.54) is 0 Å². The van der Waals surface area contributed by atoms with Crippen LogP contribution in [-0.4, -0.2) is 33.6 Å². The molecule has 5 nitrogen and oxygen atoms in total. The third kappa shape index (κ3) is 4.55. The fourth-order valence-electron chi connectivity index (χ4n) is 1.88. The molecular weight excluding hydrogens is 391 g/mol. The van der Waals surface area contributed by atoms with Crippen molar-refractivity contribution in [3.63, 3.8) is 0 Å². The van der Waals surface area contributed by atoms with E-state index in [1.807, 2.05) is 22.6 Å². The molecule has 20 heavy (non-hydrogen) atoms. The maximum absolute atomic E-state index is 12.3. The first-order chi connectivity index (χ1) is 9.14. The van der Waals surface area contributed by atoms with E-state index in [4.69, 9.17) is 5.73 Å². The number of primary amides is 1. The summed E-state index contributed by atoms with van der Waals surface area (Å²) in [5, 5.41) is 2.78. The van der Waals surface area contributed by atoms with Crippen molar-refractivity contribution in [2.75, 3.05) is 12.0 Å². The van der Waals surface area contributed by atoms with Crippen LogP contribution < -0.4 is 11.1 Å². The predicted octanol–water partition coefficient (Wildman–Crippen LogP) is 1.28. The van der Waals surface area contributed by atoms with Crippen molar-refractivity contribution in [3.05, 3.63) is 32.9 Å². The first-order valence-corrected chi connectivity index (χ1v) is 8.65. The van der Waals surface area contributed by atoms with Crippen LogP contribution in [0.2, 0.25) is 0 Å². The summed E-state index contributed by atoms with van der Waals surface area (Å²) < 4.78 is 11.9. The molecule has 1 atom stereocenters. The normalized spacial score (nSPS) is 12.8. The Morgan fingerprint density at radius 2 is 2.00 bits per heavy atom. The zero-order valence-electron chi connectivity index (χ0n) is 11.5. The molecule has 1 unspecified atom stereocenters. The minimum Gasteiger partial charge on any atom is -0.366 e. The standard InChI is InChI=1S/C13H17IN2O3S/c1-13(2,7-20(3)19)16-12(18)8-5-4-6-9(14)10(8)11(15)17/h4-6H,7H2,1-3H3,(H2,15,17)(H,16,18). The van der Waals surface area contributed by atoms with Crippen molar-refractivity contribution in [3.8, 4) is 0 Å². The Labute approximate surface area is 134 Å². The number of halogens is 1. The van der Waals surface area contributed by atoms with Crippen LogP contribution in [0, 0.1) is 3.57 Å². The lowest BCUT2D eigenvalue weighted by Gasteiger charge is -2.25. The quantitative estimate of drug-likeness (QED) is 0.720. The SMILES string of the molecule is CS(=O)CC(C)(C)NC(=O)c1cccc(I)c1C(N)=O. The Hall–Kier alpha value is -0.960. The molecule has 1 aromatic carbocycles. The molecule has 3 N–H and O–H groups in total. The Kier molecular flexibility index (Phi) is 5.69. The van der Waals surface area contributed by atoms with Crippen molar-refractivity contribution < 1.29 is 13.8 Å². The average molecular weight is 408 g/mol. The highest BCUT2D eigenvalue weighted by Crippen LogP contribution is 2.17. The van der Waals surface area contributed by atoms with Gasteiger partial charge in [-0.3, -0.25) is 13.8 Å². The van der Waals surface area contributed by atoms with E-state index in [0.717, 1.165) is 0 Å². The highest BCUT2D eigenvalue weighted by atomic mass is 127. The van der Waals surface area contributed by atoms with E-state index in [0.29, 0.717) is 9.32 Å². The number of hydrogen-bond donors (Lipinski definition) is 2. The lowest BCUT2D eigenvalue weighted by Crippen LogP contribution is -2.47. The monoisotopic (exact) mass is 408 g/mol. The van der Waals surface area contributed by atoms with Gasteiger partial charge in [-0.15, -0.1) is 0 Å². The van der Waals surface area contributed by atoms with Gasteiger partial charge in [0.05, 0.1) is 11.1 Å². The predicted molar refractivity (Wildman–Crippen MR) is 88.2 cm³/mol. The second kappa shape index (κ2) is 6.66. The molecule has 0 aliphatic rings. The van der Waals surface area contributed by atoms with Crippen LogP contribution in [0.5, 0.6) is 0 Å². The Morgan fingerprint density at radius 3 is 2.50 bits per heavy atom. The number of carbonyl (C=O) groups is 2. The van der Waals surface area contributed by atoms with E-state index < -0.39 is 28.2 Å². The van der Waals surface area contributed by atoms with Gasteiger partial charge >= 0.3 is 0 Å². The van der Waals surface area contributed by atoms with E-state index in [-0.39, 0.29) is 11.1 Å². The summed E-state index contributed by atoms with van der Waals surface area (Å²) in [6.07, 6.45) is 1.58. The Bertz CT molecular complexity index is 573. The van der Waals surface area contributed by atoms with Crippen LogP contribution in [0.3, 0.4) is 0 Å². The third-order valence-corrected chi connectivity index (χ3v) is 4.55. The van der Waals surface area contributed by atoms with Gasteiger partial charge in [0.25, 0.3) is 11.8 Å². The van der Waals surface area contributed by atoms with Gasteiger partial charge in [0, 0.05) is 31.9 Å². The first kappa shape index (κ1) is 17.1. The molecule has 0 bridgehead atoms. The summed E-state index contributed by atoms with van der Waals surface area (Å²) in [5.41, 5.74) is 5.14. The van der Waals surface area contributed by atoms with Crippen LogP contribution in [0.25, 0.3) is 0 Å². The van der Waals surface area contributed by atoms with Crippen LogP contribution >= 0.6 is 22.6 Å². The van der Waals surface area contributed by atoms with Crippen molar-refractivity contribution in [2.45, 2.75) is 19.4 Å². The summed E-state index contributed by atoms with van der Waals surface area (Å²) in [6, 6.07) is 4.95. The number of benzene rings is 1. The number of hydrogen-bond acceptors (Lipinski definition) is 3. The molecule has 7 heteroatoms. The Morgan fingerprint density at radius 1 is 1.40 bits per heavy atom. The number of carbonyl (C=O) groups excluding carboxylic acids is 2. The van der Waals surface area contributed by atoms with Gasteiger partial charge in [0.2, 0.25) is 0 Å². The molecule has 0 fully saturated rings. The van der Waals surface area contributed by atoms with Crippen molar-refractivity contribution in [1.29, 1.82) is 0 Å². The third-order valence-electron chi connectivity index (χ3n) is 2.52. The molecule has 0 saturated carbocycles. The largest absolute Gasteiger partial charge is 0.366 e. The van der Waals surface area contributed by atoms with Crippen molar-refractivity contribution >= 4 is 45.2 Å². The summed E-state index contributed by atoms with van der Waals surface area (Å²) in [7, 11) is -1.03. The summed E-state index contributed by atoms with van der Waals surface area (Å²) in [5.74, 6) is -0.709. The highest BCUT2D eigenvalue weighted by Gasteiger charge is 2.25. The van der Waals surface area contributed by atoms with Gasteiger partial charge in [-0.1, -0.05) is 6.07 Å².